The summed E-state index contributed by atoms with van der Waals surface area (Å²) in [5.41, 5.74) is 1.79. The number of carbonyl (C=O) groups is 1. The molecule has 146 valence electrons. The molecule has 1 amide bonds. The first-order valence-electron chi connectivity index (χ1n) is 8.67. The normalized spacial score (nSPS) is 11.5. The van der Waals surface area contributed by atoms with Crippen LogP contribution in [0.1, 0.15) is 21.8 Å². The number of amides is 1. The van der Waals surface area contributed by atoms with Gasteiger partial charge >= 0.3 is 0 Å². The highest BCUT2D eigenvalue weighted by atomic mass is 32.2. The fourth-order valence-electron chi connectivity index (χ4n) is 2.74. The average Bonchev–Trinajstić information content (AvgIpc) is 3.17. The third-order valence-corrected chi connectivity index (χ3v) is 5.95. The summed E-state index contributed by atoms with van der Waals surface area (Å²) in [6.07, 6.45) is 7.31. The highest BCUT2D eigenvalue weighted by molar-refractivity contribution is 7.91. The van der Waals surface area contributed by atoms with Crippen LogP contribution in [0, 0.1) is 6.92 Å². The highest BCUT2D eigenvalue weighted by Crippen LogP contribution is 2.20. The standard InChI is InChI=1S/C20H16N4O4S/c1-13-6-17(10-22-8-13)29(26,27)16-3-2-15(23-11-16)9-24-20(25)18-7-14-4-5-21-12-19(14)28-18/h2-8,10-12H,9H2,1H3,(H,24,25). The van der Waals surface area contributed by atoms with Gasteiger partial charge in [-0.15, -0.1) is 0 Å². The Bertz CT molecular complexity index is 1260. The lowest BCUT2D eigenvalue weighted by atomic mass is 10.3. The molecular formula is C20H16N4O4S. The summed E-state index contributed by atoms with van der Waals surface area (Å²) in [6, 6.07) is 7.95. The van der Waals surface area contributed by atoms with E-state index in [9.17, 15) is 13.2 Å². The van der Waals surface area contributed by atoms with Gasteiger partial charge in [-0.05, 0) is 42.8 Å². The van der Waals surface area contributed by atoms with E-state index in [2.05, 4.69) is 20.3 Å². The third kappa shape index (κ3) is 3.85. The molecule has 0 aliphatic heterocycles. The van der Waals surface area contributed by atoms with Crippen molar-refractivity contribution in [3.63, 3.8) is 0 Å². The van der Waals surface area contributed by atoms with E-state index in [4.69, 9.17) is 4.42 Å². The number of aryl methyl sites for hydroxylation is 1. The van der Waals surface area contributed by atoms with Gasteiger partial charge in [-0.1, -0.05) is 0 Å². The molecule has 4 rings (SSSR count). The van der Waals surface area contributed by atoms with Gasteiger partial charge in [0.2, 0.25) is 9.84 Å². The fraction of sp³-hybridized carbons (Fsp3) is 0.100. The minimum absolute atomic E-state index is 0.0600. The number of furan rings is 1. The lowest BCUT2D eigenvalue weighted by molar-refractivity contribution is 0.0925. The SMILES string of the molecule is Cc1cncc(S(=O)(=O)c2ccc(CNC(=O)c3cc4ccncc4o3)nc2)c1. The van der Waals surface area contributed by atoms with Crippen LogP contribution in [0.4, 0.5) is 0 Å². The molecule has 0 unspecified atom stereocenters. The molecule has 0 fully saturated rings. The summed E-state index contributed by atoms with van der Waals surface area (Å²) >= 11 is 0. The number of hydrogen-bond donors (Lipinski definition) is 1. The second-order valence-corrected chi connectivity index (χ2v) is 8.34. The van der Waals surface area contributed by atoms with Crippen molar-refractivity contribution in [2.24, 2.45) is 0 Å². The smallest absolute Gasteiger partial charge is 0.287 e. The van der Waals surface area contributed by atoms with Crippen molar-refractivity contribution in [2.75, 3.05) is 0 Å². The predicted molar refractivity (Wildman–Crippen MR) is 104 cm³/mol. The lowest BCUT2D eigenvalue weighted by Gasteiger charge is -2.06. The molecule has 4 heterocycles. The van der Waals surface area contributed by atoms with Crippen molar-refractivity contribution in [1.82, 2.24) is 20.3 Å². The van der Waals surface area contributed by atoms with Crippen molar-refractivity contribution < 1.29 is 17.6 Å². The Morgan fingerprint density at radius 1 is 1.03 bits per heavy atom. The molecule has 0 bridgehead atoms. The molecule has 0 aliphatic rings. The highest BCUT2D eigenvalue weighted by Gasteiger charge is 2.19. The molecule has 1 N–H and O–H groups in total. The Balaban J connectivity index is 1.46. The van der Waals surface area contributed by atoms with Gasteiger partial charge in [-0.2, -0.15) is 0 Å². The molecule has 9 heteroatoms. The van der Waals surface area contributed by atoms with Crippen LogP contribution in [0.2, 0.25) is 0 Å². The van der Waals surface area contributed by atoms with Crippen molar-refractivity contribution in [1.29, 1.82) is 0 Å². The van der Waals surface area contributed by atoms with Crippen LogP contribution in [0.5, 0.6) is 0 Å². The summed E-state index contributed by atoms with van der Waals surface area (Å²) in [5, 5.41) is 3.48. The van der Waals surface area contributed by atoms with Gasteiger partial charge in [0.25, 0.3) is 5.91 Å². The van der Waals surface area contributed by atoms with Crippen molar-refractivity contribution >= 4 is 26.7 Å². The summed E-state index contributed by atoms with van der Waals surface area (Å²) in [4.78, 5) is 24.5. The number of fused-ring (bicyclic) bond motifs is 1. The van der Waals surface area contributed by atoms with Crippen LogP contribution in [-0.4, -0.2) is 29.3 Å². The van der Waals surface area contributed by atoms with Gasteiger partial charge in [0.05, 0.1) is 28.2 Å². The summed E-state index contributed by atoms with van der Waals surface area (Å²) in [5.74, 6) is -0.232. The van der Waals surface area contributed by atoms with Gasteiger partial charge in [0.1, 0.15) is 0 Å². The molecule has 0 saturated heterocycles. The van der Waals surface area contributed by atoms with Crippen molar-refractivity contribution in [2.45, 2.75) is 23.3 Å². The molecule has 4 aromatic heterocycles. The number of nitrogens with one attached hydrogen (secondary N) is 1. The molecule has 0 atom stereocenters. The van der Waals surface area contributed by atoms with E-state index in [-0.39, 0.29) is 22.1 Å². The number of rotatable bonds is 5. The summed E-state index contributed by atoms with van der Waals surface area (Å²) < 4.78 is 30.8. The van der Waals surface area contributed by atoms with Crippen LogP contribution in [-0.2, 0) is 16.4 Å². The molecule has 0 spiro atoms. The first-order valence-corrected chi connectivity index (χ1v) is 10.2. The summed E-state index contributed by atoms with van der Waals surface area (Å²) in [7, 11) is -3.70. The molecule has 0 aliphatic carbocycles. The van der Waals surface area contributed by atoms with Crippen LogP contribution < -0.4 is 5.32 Å². The van der Waals surface area contributed by atoms with Gasteiger partial charge in [-0.25, -0.2) is 8.42 Å². The number of aromatic nitrogens is 3. The Labute approximate surface area is 166 Å². The first-order chi connectivity index (χ1) is 13.9. The molecular weight excluding hydrogens is 392 g/mol. The molecule has 0 aromatic carbocycles. The van der Waals surface area contributed by atoms with E-state index in [0.717, 1.165) is 10.9 Å². The molecule has 4 aromatic rings. The van der Waals surface area contributed by atoms with E-state index in [0.29, 0.717) is 11.3 Å². The minimum Gasteiger partial charge on any atom is -0.449 e. The Morgan fingerprint density at radius 3 is 2.62 bits per heavy atom. The van der Waals surface area contributed by atoms with Crippen molar-refractivity contribution in [3.05, 3.63) is 78.3 Å². The largest absolute Gasteiger partial charge is 0.449 e. The van der Waals surface area contributed by atoms with E-state index in [1.165, 1.54) is 24.7 Å². The van der Waals surface area contributed by atoms with E-state index in [1.807, 2.05) is 0 Å². The van der Waals surface area contributed by atoms with E-state index < -0.39 is 15.7 Å². The minimum atomic E-state index is -3.70. The maximum Gasteiger partial charge on any atom is 0.287 e. The fourth-order valence-corrected chi connectivity index (χ4v) is 3.99. The molecule has 8 nitrogen and oxygen atoms in total. The Kier molecular flexibility index (Phi) is 4.81. The summed E-state index contributed by atoms with van der Waals surface area (Å²) in [6.45, 7) is 1.90. The quantitative estimate of drug-likeness (QED) is 0.540. The zero-order chi connectivity index (χ0) is 20.4. The number of nitrogens with zero attached hydrogens (tertiary/aromatic N) is 3. The third-order valence-electron chi connectivity index (χ3n) is 4.24. The van der Waals surface area contributed by atoms with Crippen LogP contribution in [0.3, 0.4) is 0 Å². The average molecular weight is 408 g/mol. The molecule has 0 saturated carbocycles. The number of hydrogen-bond acceptors (Lipinski definition) is 7. The second kappa shape index (κ2) is 7.44. The van der Waals surface area contributed by atoms with Crippen LogP contribution in [0.25, 0.3) is 11.0 Å². The van der Waals surface area contributed by atoms with Gasteiger partial charge in [-0.3, -0.25) is 19.7 Å². The molecule has 29 heavy (non-hydrogen) atoms. The van der Waals surface area contributed by atoms with Gasteiger partial charge in [0, 0.05) is 30.2 Å². The monoisotopic (exact) mass is 408 g/mol. The number of pyridine rings is 3. The zero-order valence-electron chi connectivity index (χ0n) is 15.4. The van der Waals surface area contributed by atoms with E-state index >= 15 is 0 Å². The Hall–Kier alpha value is -3.59. The van der Waals surface area contributed by atoms with E-state index in [1.54, 1.807) is 43.6 Å². The lowest BCUT2D eigenvalue weighted by Crippen LogP contribution is -2.22. The second-order valence-electron chi connectivity index (χ2n) is 6.39. The Morgan fingerprint density at radius 2 is 1.90 bits per heavy atom. The molecule has 0 radical (unpaired) electrons. The van der Waals surface area contributed by atoms with Gasteiger partial charge < -0.3 is 9.73 Å². The predicted octanol–water partition coefficient (Wildman–Crippen LogP) is 2.69. The first kappa shape index (κ1) is 18.8. The van der Waals surface area contributed by atoms with Crippen LogP contribution in [0.15, 0.2) is 75.5 Å². The maximum atomic E-state index is 12.7. The zero-order valence-corrected chi connectivity index (χ0v) is 16.2. The topological polar surface area (TPSA) is 115 Å². The number of sulfone groups is 1. The van der Waals surface area contributed by atoms with Crippen LogP contribution >= 0.6 is 0 Å². The van der Waals surface area contributed by atoms with Crippen molar-refractivity contribution in [3.8, 4) is 0 Å². The maximum absolute atomic E-state index is 12.7. The number of carbonyl (C=O) groups excluding carboxylic acids is 1. The van der Waals surface area contributed by atoms with Gasteiger partial charge in [0.15, 0.2) is 11.3 Å².